The fourth-order valence-corrected chi connectivity index (χ4v) is 1.76. The van der Waals surface area contributed by atoms with Crippen LogP contribution in [0.15, 0.2) is 18.3 Å². The molecule has 2 aromatic rings. The Labute approximate surface area is 95.9 Å². The Morgan fingerprint density at radius 1 is 1.50 bits per heavy atom. The zero-order valence-electron chi connectivity index (χ0n) is 8.22. The van der Waals surface area contributed by atoms with Crippen LogP contribution in [0.3, 0.4) is 0 Å². The number of pyridine rings is 1. The topological polar surface area (TPSA) is 74.8 Å². The fraction of sp³-hybridized carbons (Fsp3) is 0.200. The van der Waals surface area contributed by atoms with Crippen molar-refractivity contribution in [3.05, 3.63) is 34.9 Å². The molecule has 5 nitrogen and oxygen atoms in total. The van der Waals surface area contributed by atoms with Gasteiger partial charge in [-0.1, -0.05) is 11.6 Å². The van der Waals surface area contributed by atoms with Gasteiger partial charge < -0.3 is 14.6 Å². The van der Waals surface area contributed by atoms with E-state index in [-0.39, 0.29) is 12.2 Å². The van der Waals surface area contributed by atoms with E-state index in [4.69, 9.17) is 21.8 Å². The van der Waals surface area contributed by atoms with Gasteiger partial charge in [0.05, 0.1) is 17.7 Å². The number of nitrogens with zero attached hydrogens (tertiary/aromatic N) is 2. The van der Waals surface area contributed by atoms with Gasteiger partial charge in [-0.15, -0.1) is 0 Å². The van der Waals surface area contributed by atoms with E-state index in [1.54, 1.807) is 10.5 Å². The molecule has 2 aromatic heterocycles. The minimum absolute atomic E-state index is 0.0628. The molecule has 0 radical (unpaired) electrons. The van der Waals surface area contributed by atoms with Crippen LogP contribution in [-0.4, -0.2) is 32.2 Å². The van der Waals surface area contributed by atoms with Gasteiger partial charge in [0.2, 0.25) is 0 Å². The van der Waals surface area contributed by atoms with Gasteiger partial charge in [-0.3, -0.25) is 0 Å². The number of aromatic carboxylic acids is 1. The van der Waals surface area contributed by atoms with Crippen molar-refractivity contribution >= 4 is 23.1 Å². The average molecular weight is 241 g/mol. The minimum Gasteiger partial charge on any atom is -0.478 e. The summed E-state index contributed by atoms with van der Waals surface area (Å²) in [4.78, 5) is 14.9. The second-order valence-corrected chi connectivity index (χ2v) is 3.63. The standard InChI is InChI=1S/C10H9ClN2O3/c11-9-7-2-1-6(10(15)16)5-13(7)8(12-9)3-4-14/h1-2,5,14H,3-4H2,(H,15,16). The van der Waals surface area contributed by atoms with Crippen LogP contribution in [0.2, 0.25) is 5.15 Å². The van der Waals surface area contributed by atoms with E-state index in [9.17, 15) is 4.79 Å². The SMILES string of the molecule is O=C(O)c1ccc2c(Cl)nc(CCO)n2c1. The zero-order valence-corrected chi connectivity index (χ0v) is 8.98. The van der Waals surface area contributed by atoms with Crippen LogP contribution < -0.4 is 0 Å². The second kappa shape index (κ2) is 4.11. The first-order valence-electron chi connectivity index (χ1n) is 4.64. The van der Waals surface area contributed by atoms with Crippen LogP contribution in [0.1, 0.15) is 16.2 Å². The molecule has 0 amide bonds. The van der Waals surface area contributed by atoms with Gasteiger partial charge in [0.25, 0.3) is 0 Å². The third kappa shape index (κ3) is 1.75. The van der Waals surface area contributed by atoms with E-state index >= 15 is 0 Å². The average Bonchev–Trinajstić information content (AvgIpc) is 2.56. The normalized spacial score (nSPS) is 10.9. The quantitative estimate of drug-likeness (QED) is 0.846. The maximum absolute atomic E-state index is 10.8. The van der Waals surface area contributed by atoms with Crippen molar-refractivity contribution in [3.63, 3.8) is 0 Å². The van der Waals surface area contributed by atoms with Gasteiger partial charge in [0, 0.05) is 12.6 Å². The molecule has 16 heavy (non-hydrogen) atoms. The number of hydrogen-bond donors (Lipinski definition) is 2. The lowest BCUT2D eigenvalue weighted by atomic mass is 10.2. The number of aliphatic hydroxyl groups is 1. The molecular formula is C10H9ClN2O3. The highest BCUT2D eigenvalue weighted by molar-refractivity contribution is 6.32. The van der Waals surface area contributed by atoms with Gasteiger partial charge in [-0.25, -0.2) is 9.78 Å². The number of rotatable bonds is 3. The summed E-state index contributed by atoms with van der Waals surface area (Å²) < 4.78 is 1.59. The number of fused-ring (bicyclic) bond motifs is 1. The molecule has 2 N–H and O–H groups in total. The summed E-state index contributed by atoms with van der Waals surface area (Å²) in [7, 11) is 0. The monoisotopic (exact) mass is 240 g/mol. The van der Waals surface area contributed by atoms with Crippen LogP contribution in [-0.2, 0) is 6.42 Å². The Bertz CT molecular complexity index is 550. The summed E-state index contributed by atoms with van der Waals surface area (Å²) in [5.41, 5.74) is 0.788. The molecule has 0 aromatic carbocycles. The summed E-state index contributed by atoms with van der Waals surface area (Å²) in [6.07, 6.45) is 1.78. The molecule has 0 atom stereocenters. The molecule has 6 heteroatoms. The van der Waals surface area contributed by atoms with Gasteiger partial charge in [0.1, 0.15) is 5.82 Å². The summed E-state index contributed by atoms with van der Waals surface area (Å²) in [6.45, 7) is -0.0628. The van der Waals surface area contributed by atoms with Crippen molar-refractivity contribution in [2.75, 3.05) is 6.61 Å². The lowest BCUT2D eigenvalue weighted by Gasteiger charge is -2.00. The van der Waals surface area contributed by atoms with E-state index in [1.807, 2.05) is 0 Å². The van der Waals surface area contributed by atoms with Gasteiger partial charge in [-0.05, 0) is 12.1 Å². The molecule has 2 rings (SSSR count). The van der Waals surface area contributed by atoms with Crippen LogP contribution in [0.25, 0.3) is 5.52 Å². The number of aliphatic hydroxyl groups excluding tert-OH is 1. The Balaban J connectivity index is 2.64. The molecule has 0 saturated carbocycles. The number of carboxylic acid groups (broad SMARTS) is 1. The molecule has 84 valence electrons. The highest BCUT2D eigenvalue weighted by Gasteiger charge is 2.11. The van der Waals surface area contributed by atoms with Gasteiger partial charge >= 0.3 is 5.97 Å². The highest BCUT2D eigenvalue weighted by Crippen LogP contribution is 2.19. The van der Waals surface area contributed by atoms with Crippen LogP contribution in [0.5, 0.6) is 0 Å². The van der Waals surface area contributed by atoms with E-state index in [1.165, 1.54) is 12.3 Å². The smallest absolute Gasteiger partial charge is 0.337 e. The molecule has 0 aliphatic carbocycles. The second-order valence-electron chi connectivity index (χ2n) is 3.27. The Morgan fingerprint density at radius 3 is 2.88 bits per heavy atom. The Kier molecular flexibility index (Phi) is 2.80. The number of aromatic nitrogens is 2. The first kappa shape index (κ1) is 10.9. The predicted octanol–water partition coefficient (Wildman–Crippen LogP) is 1.22. The maximum Gasteiger partial charge on any atom is 0.337 e. The highest BCUT2D eigenvalue weighted by atomic mass is 35.5. The van der Waals surface area contributed by atoms with Crippen molar-refractivity contribution in [1.29, 1.82) is 0 Å². The molecule has 0 spiro atoms. The van der Waals surface area contributed by atoms with Crippen LogP contribution in [0, 0.1) is 0 Å². The minimum atomic E-state index is -1.01. The number of halogens is 1. The van der Waals surface area contributed by atoms with Gasteiger partial charge in [-0.2, -0.15) is 0 Å². The van der Waals surface area contributed by atoms with E-state index < -0.39 is 5.97 Å². The lowest BCUT2D eigenvalue weighted by Crippen LogP contribution is -2.02. The van der Waals surface area contributed by atoms with Crippen molar-refractivity contribution < 1.29 is 15.0 Å². The summed E-state index contributed by atoms with van der Waals surface area (Å²) >= 11 is 5.88. The van der Waals surface area contributed by atoms with Crippen LogP contribution in [0.4, 0.5) is 0 Å². The molecule has 0 aliphatic rings. The fourth-order valence-electron chi connectivity index (χ4n) is 1.51. The van der Waals surface area contributed by atoms with E-state index in [0.29, 0.717) is 22.9 Å². The maximum atomic E-state index is 10.8. The van der Waals surface area contributed by atoms with Crippen molar-refractivity contribution in [1.82, 2.24) is 9.38 Å². The van der Waals surface area contributed by atoms with Crippen molar-refractivity contribution in [3.8, 4) is 0 Å². The largest absolute Gasteiger partial charge is 0.478 e. The third-order valence-corrected chi connectivity index (χ3v) is 2.53. The molecule has 2 heterocycles. The van der Waals surface area contributed by atoms with E-state index in [0.717, 1.165) is 0 Å². The Hall–Kier alpha value is -1.59. The molecule has 0 unspecified atom stereocenters. The summed E-state index contributed by atoms with van der Waals surface area (Å²) in [6, 6.07) is 3.06. The molecule has 0 saturated heterocycles. The van der Waals surface area contributed by atoms with Crippen LogP contribution >= 0.6 is 11.6 Å². The number of hydrogen-bond acceptors (Lipinski definition) is 3. The number of carboxylic acids is 1. The number of carbonyl (C=O) groups is 1. The number of imidazole rings is 1. The van der Waals surface area contributed by atoms with E-state index in [2.05, 4.69) is 4.98 Å². The molecular weight excluding hydrogens is 232 g/mol. The van der Waals surface area contributed by atoms with Crippen molar-refractivity contribution in [2.45, 2.75) is 6.42 Å². The summed E-state index contributed by atoms with van der Waals surface area (Å²) in [5.74, 6) is -0.465. The zero-order chi connectivity index (χ0) is 11.7. The Morgan fingerprint density at radius 2 is 2.25 bits per heavy atom. The molecule has 0 aliphatic heterocycles. The summed E-state index contributed by atoms with van der Waals surface area (Å²) in [5, 5.41) is 18.0. The van der Waals surface area contributed by atoms with Gasteiger partial charge in [0.15, 0.2) is 5.15 Å². The predicted molar refractivity (Wildman–Crippen MR) is 58.0 cm³/mol. The molecule has 0 fully saturated rings. The lowest BCUT2D eigenvalue weighted by molar-refractivity contribution is 0.0696. The first-order chi connectivity index (χ1) is 7.63. The molecule has 0 bridgehead atoms. The first-order valence-corrected chi connectivity index (χ1v) is 5.02. The van der Waals surface area contributed by atoms with Crippen molar-refractivity contribution in [2.24, 2.45) is 0 Å². The third-order valence-electron chi connectivity index (χ3n) is 2.25.